The summed E-state index contributed by atoms with van der Waals surface area (Å²) in [5, 5.41) is 0. The van der Waals surface area contributed by atoms with Crippen molar-refractivity contribution in [2.45, 2.75) is 0 Å². The number of aromatic amines is 2. The van der Waals surface area contributed by atoms with Gasteiger partial charge >= 0.3 is 0 Å². The van der Waals surface area contributed by atoms with Crippen LogP contribution in [0.1, 0.15) is 22.8 Å². The van der Waals surface area contributed by atoms with Crippen LogP contribution in [0.4, 0.5) is 0 Å². The summed E-state index contributed by atoms with van der Waals surface area (Å²) in [5.41, 5.74) is 16.8. The molecular formula is C46H32N4. The van der Waals surface area contributed by atoms with Crippen molar-refractivity contribution in [3.8, 4) is 44.5 Å². The monoisotopic (exact) mass is 640 g/mol. The van der Waals surface area contributed by atoms with Gasteiger partial charge < -0.3 is 9.97 Å². The minimum absolute atomic E-state index is 0.869. The maximum Gasteiger partial charge on any atom is 0.0809 e. The Morgan fingerprint density at radius 3 is 1.16 bits per heavy atom. The summed E-state index contributed by atoms with van der Waals surface area (Å²) in [6.45, 7) is 4.25. The second kappa shape index (κ2) is 12.3. The van der Waals surface area contributed by atoms with Crippen molar-refractivity contribution < 1.29 is 0 Å². The molecule has 4 heteroatoms. The molecule has 2 aliphatic heterocycles. The Hall–Kier alpha value is -6.78. The van der Waals surface area contributed by atoms with Crippen LogP contribution in [-0.4, -0.2) is 19.9 Å². The molecule has 7 aromatic rings. The van der Waals surface area contributed by atoms with E-state index in [-0.39, 0.29) is 0 Å². The number of hydrogen-bond donors (Lipinski definition) is 2. The van der Waals surface area contributed by atoms with Crippen molar-refractivity contribution in [1.82, 2.24) is 19.9 Å². The first kappa shape index (κ1) is 29.4. The van der Waals surface area contributed by atoms with Gasteiger partial charge in [-0.15, -0.1) is 0 Å². The number of rotatable bonds is 5. The molecule has 0 spiro atoms. The van der Waals surface area contributed by atoms with Gasteiger partial charge in [-0.2, -0.15) is 0 Å². The number of aromatic nitrogens is 4. The molecule has 0 saturated heterocycles. The lowest BCUT2D eigenvalue weighted by atomic mass is 9.99. The Balaban J connectivity index is 1.51. The average molecular weight is 641 g/mol. The highest BCUT2D eigenvalue weighted by atomic mass is 14.8. The molecule has 4 nitrogen and oxygen atoms in total. The van der Waals surface area contributed by atoms with Crippen LogP contribution in [0.5, 0.6) is 0 Å². The van der Waals surface area contributed by atoms with E-state index in [2.05, 4.69) is 156 Å². The summed E-state index contributed by atoms with van der Waals surface area (Å²) in [6, 6.07) is 50.5. The van der Waals surface area contributed by atoms with E-state index in [0.717, 1.165) is 94.9 Å². The van der Waals surface area contributed by atoms with E-state index in [1.165, 1.54) is 0 Å². The molecule has 0 atom stereocenters. The Labute approximate surface area is 290 Å². The first-order valence-electron chi connectivity index (χ1n) is 16.8. The minimum Gasteiger partial charge on any atom is -0.354 e. The van der Waals surface area contributed by atoms with Crippen LogP contribution in [0.2, 0.25) is 0 Å². The third-order valence-electron chi connectivity index (χ3n) is 9.36. The Kier molecular flexibility index (Phi) is 7.25. The van der Waals surface area contributed by atoms with E-state index in [9.17, 15) is 0 Å². The molecule has 8 bridgehead atoms. The van der Waals surface area contributed by atoms with Crippen molar-refractivity contribution in [3.63, 3.8) is 0 Å². The molecule has 0 aliphatic carbocycles. The van der Waals surface area contributed by atoms with Gasteiger partial charge in [-0.25, -0.2) is 9.97 Å². The van der Waals surface area contributed by atoms with Gasteiger partial charge in [0.15, 0.2) is 0 Å². The highest BCUT2D eigenvalue weighted by Crippen LogP contribution is 2.40. The largest absolute Gasteiger partial charge is 0.354 e. The van der Waals surface area contributed by atoms with Gasteiger partial charge in [0.25, 0.3) is 0 Å². The summed E-state index contributed by atoms with van der Waals surface area (Å²) in [7, 11) is 0. The number of nitrogens with one attached hydrogen (secondary N) is 2. The van der Waals surface area contributed by atoms with Crippen LogP contribution in [0, 0.1) is 0 Å². The molecule has 50 heavy (non-hydrogen) atoms. The SMILES string of the molecule is C=CC1=Cc2nc1c(-c1ccccc1)c1ccc([nH]1)c(-c1ccccc1)c1nc(c(-c3ccccc3)c3ccc([nH]3)c2-c2ccccc2)C=C1. The molecule has 0 fully saturated rings. The highest BCUT2D eigenvalue weighted by molar-refractivity contribution is 6.03. The van der Waals surface area contributed by atoms with Gasteiger partial charge in [-0.3, -0.25) is 0 Å². The van der Waals surface area contributed by atoms with Crippen LogP contribution in [0.15, 0.2) is 158 Å². The number of allylic oxidation sites excluding steroid dienone is 2. The Bertz CT molecular complexity index is 2630. The van der Waals surface area contributed by atoms with Gasteiger partial charge in [-0.05, 0) is 64.7 Å². The van der Waals surface area contributed by atoms with Gasteiger partial charge in [-0.1, -0.05) is 134 Å². The van der Waals surface area contributed by atoms with Gasteiger partial charge in [0, 0.05) is 49.9 Å². The fourth-order valence-corrected chi connectivity index (χ4v) is 7.09. The van der Waals surface area contributed by atoms with Crippen LogP contribution >= 0.6 is 0 Å². The summed E-state index contributed by atoms with van der Waals surface area (Å²) < 4.78 is 0. The summed E-state index contributed by atoms with van der Waals surface area (Å²) in [5.74, 6) is 0. The Morgan fingerprint density at radius 1 is 0.400 bits per heavy atom. The standard InChI is InChI=1S/C46H32N4/c1-2-30-29-41-44(33-19-11-5-12-20-33)39-26-25-37(48-39)42(31-15-7-3-8-16-31)35-23-24-36(47-35)43(32-17-9-4-10-18-32)38-27-28-40(49-38)45(46(30)50-41)34-21-13-6-14-22-34/h2-29,48-49H,1H2. The highest BCUT2D eigenvalue weighted by Gasteiger charge is 2.21. The molecule has 9 rings (SSSR count). The van der Waals surface area contributed by atoms with Crippen molar-refractivity contribution in [1.29, 1.82) is 0 Å². The number of benzene rings is 4. The fourth-order valence-electron chi connectivity index (χ4n) is 7.09. The van der Waals surface area contributed by atoms with Crippen LogP contribution in [0.3, 0.4) is 0 Å². The molecule has 0 radical (unpaired) electrons. The average Bonchev–Trinajstić information content (AvgIpc) is 4.00. The first-order chi connectivity index (χ1) is 24.7. The number of fused-ring (bicyclic) bond motifs is 8. The lowest BCUT2D eigenvalue weighted by Gasteiger charge is -2.07. The molecular weight excluding hydrogens is 609 g/mol. The molecule has 3 aromatic heterocycles. The maximum absolute atomic E-state index is 5.45. The second-order valence-electron chi connectivity index (χ2n) is 12.4. The predicted molar refractivity (Wildman–Crippen MR) is 210 cm³/mol. The zero-order chi connectivity index (χ0) is 33.4. The van der Waals surface area contributed by atoms with Gasteiger partial charge in [0.05, 0.1) is 22.8 Å². The van der Waals surface area contributed by atoms with E-state index in [1.54, 1.807) is 0 Å². The lowest BCUT2D eigenvalue weighted by Crippen LogP contribution is -1.90. The molecule has 4 aromatic carbocycles. The second-order valence-corrected chi connectivity index (χ2v) is 12.4. The lowest BCUT2D eigenvalue weighted by molar-refractivity contribution is 1.31. The summed E-state index contributed by atoms with van der Waals surface area (Å²) in [4.78, 5) is 18.4. The molecule has 0 unspecified atom stereocenters. The van der Waals surface area contributed by atoms with Crippen molar-refractivity contribution in [3.05, 3.63) is 181 Å². The fraction of sp³-hybridized carbons (Fsp3) is 0. The van der Waals surface area contributed by atoms with Crippen molar-refractivity contribution in [2.24, 2.45) is 0 Å². The number of hydrogen-bond acceptors (Lipinski definition) is 2. The van der Waals surface area contributed by atoms with E-state index in [1.807, 2.05) is 30.3 Å². The van der Waals surface area contributed by atoms with Crippen molar-refractivity contribution >= 4 is 45.9 Å². The molecule has 5 heterocycles. The smallest absolute Gasteiger partial charge is 0.0809 e. The van der Waals surface area contributed by atoms with E-state index in [4.69, 9.17) is 9.97 Å². The van der Waals surface area contributed by atoms with Crippen LogP contribution < -0.4 is 0 Å². The van der Waals surface area contributed by atoms with E-state index >= 15 is 0 Å². The molecule has 2 aliphatic rings. The van der Waals surface area contributed by atoms with Crippen LogP contribution in [-0.2, 0) is 0 Å². The summed E-state index contributed by atoms with van der Waals surface area (Å²) in [6.07, 6.45) is 8.33. The molecule has 0 amide bonds. The normalized spacial score (nSPS) is 12.1. The maximum atomic E-state index is 5.45. The predicted octanol–water partition coefficient (Wildman–Crippen LogP) is 11.9. The zero-order valence-corrected chi connectivity index (χ0v) is 27.3. The molecule has 0 saturated carbocycles. The van der Waals surface area contributed by atoms with Crippen LogP contribution in [0.25, 0.3) is 90.4 Å². The Morgan fingerprint density at radius 2 is 0.760 bits per heavy atom. The molecule has 2 N–H and O–H groups in total. The van der Waals surface area contributed by atoms with E-state index < -0.39 is 0 Å². The minimum atomic E-state index is 0.869. The third kappa shape index (κ3) is 5.11. The van der Waals surface area contributed by atoms with Crippen molar-refractivity contribution in [2.75, 3.05) is 0 Å². The zero-order valence-electron chi connectivity index (χ0n) is 27.3. The first-order valence-corrected chi connectivity index (χ1v) is 16.8. The third-order valence-corrected chi connectivity index (χ3v) is 9.36. The number of nitrogens with zero attached hydrogens (tertiary/aromatic N) is 2. The summed E-state index contributed by atoms with van der Waals surface area (Å²) >= 11 is 0. The van der Waals surface area contributed by atoms with E-state index in [0.29, 0.717) is 0 Å². The number of H-pyrrole nitrogens is 2. The van der Waals surface area contributed by atoms with Gasteiger partial charge in [0.2, 0.25) is 0 Å². The quantitative estimate of drug-likeness (QED) is 0.197. The topological polar surface area (TPSA) is 57.4 Å². The van der Waals surface area contributed by atoms with Gasteiger partial charge in [0.1, 0.15) is 0 Å². The molecule has 236 valence electrons.